The Hall–Kier alpha value is -1.65. The number of aryl methyl sites for hydroxylation is 1. The van der Waals surface area contributed by atoms with Crippen LogP contribution in [0.1, 0.15) is 50.7 Å². The SMILES string of the molecule is CCCCc1cccc(-c2ccccc2S(=O)(=O)O)c1CCCC. The number of hydrogen-bond acceptors (Lipinski definition) is 2. The van der Waals surface area contributed by atoms with E-state index in [1.165, 1.54) is 17.2 Å². The van der Waals surface area contributed by atoms with Gasteiger partial charge in [-0.15, -0.1) is 0 Å². The second-order valence-electron chi connectivity index (χ2n) is 6.12. The Morgan fingerprint density at radius 2 is 1.46 bits per heavy atom. The largest absolute Gasteiger partial charge is 0.295 e. The summed E-state index contributed by atoms with van der Waals surface area (Å²) in [4.78, 5) is -0.0182. The third-order valence-corrected chi connectivity index (χ3v) is 5.22. The first-order chi connectivity index (χ1) is 11.5. The molecule has 1 N–H and O–H groups in total. The van der Waals surface area contributed by atoms with E-state index < -0.39 is 10.1 Å². The number of unbranched alkanes of at least 4 members (excludes halogenated alkanes) is 2. The van der Waals surface area contributed by atoms with E-state index >= 15 is 0 Å². The molecule has 4 heteroatoms. The van der Waals surface area contributed by atoms with Crippen LogP contribution in [0.4, 0.5) is 0 Å². The van der Waals surface area contributed by atoms with Crippen molar-refractivity contribution in [2.75, 3.05) is 0 Å². The molecular weight excluding hydrogens is 320 g/mol. The van der Waals surface area contributed by atoms with E-state index in [0.29, 0.717) is 5.56 Å². The van der Waals surface area contributed by atoms with Crippen LogP contribution in [0.3, 0.4) is 0 Å². The van der Waals surface area contributed by atoms with Crippen molar-refractivity contribution >= 4 is 10.1 Å². The lowest BCUT2D eigenvalue weighted by atomic mass is 9.90. The van der Waals surface area contributed by atoms with E-state index in [-0.39, 0.29) is 4.90 Å². The quantitative estimate of drug-likeness (QED) is 0.661. The van der Waals surface area contributed by atoms with Gasteiger partial charge in [0.15, 0.2) is 0 Å². The maximum atomic E-state index is 11.8. The summed E-state index contributed by atoms with van der Waals surface area (Å²) in [5.41, 5.74) is 4.01. The fourth-order valence-electron chi connectivity index (χ4n) is 3.05. The van der Waals surface area contributed by atoms with Crippen LogP contribution in [-0.4, -0.2) is 13.0 Å². The van der Waals surface area contributed by atoms with E-state index in [2.05, 4.69) is 19.9 Å². The molecule has 0 bridgehead atoms. The predicted molar refractivity (Wildman–Crippen MR) is 98.9 cm³/mol. The van der Waals surface area contributed by atoms with Crippen molar-refractivity contribution in [3.8, 4) is 11.1 Å². The van der Waals surface area contributed by atoms with Crippen molar-refractivity contribution in [1.82, 2.24) is 0 Å². The van der Waals surface area contributed by atoms with E-state index in [4.69, 9.17) is 0 Å². The van der Waals surface area contributed by atoms with Crippen molar-refractivity contribution in [3.05, 3.63) is 53.6 Å². The lowest BCUT2D eigenvalue weighted by Gasteiger charge is -2.17. The highest BCUT2D eigenvalue weighted by Crippen LogP contribution is 2.33. The maximum Gasteiger partial charge on any atom is 0.295 e. The summed E-state index contributed by atoms with van der Waals surface area (Å²) in [5.74, 6) is 0. The summed E-state index contributed by atoms with van der Waals surface area (Å²) in [6.07, 6.45) is 6.30. The van der Waals surface area contributed by atoms with E-state index in [1.807, 2.05) is 18.2 Å². The zero-order chi connectivity index (χ0) is 17.6. The number of benzene rings is 2. The molecule has 0 heterocycles. The van der Waals surface area contributed by atoms with Gasteiger partial charge >= 0.3 is 0 Å². The minimum Gasteiger partial charge on any atom is -0.282 e. The van der Waals surface area contributed by atoms with Gasteiger partial charge in [-0.25, -0.2) is 0 Å². The van der Waals surface area contributed by atoms with Gasteiger partial charge in [0.2, 0.25) is 0 Å². The van der Waals surface area contributed by atoms with Gasteiger partial charge in [-0.05, 0) is 48.4 Å². The normalized spacial score (nSPS) is 11.6. The number of rotatable bonds is 8. The average molecular weight is 346 g/mol. The molecule has 0 aliphatic rings. The smallest absolute Gasteiger partial charge is 0.282 e. The fourth-order valence-corrected chi connectivity index (χ4v) is 3.76. The van der Waals surface area contributed by atoms with Crippen molar-refractivity contribution in [1.29, 1.82) is 0 Å². The van der Waals surface area contributed by atoms with Crippen LogP contribution < -0.4 is 0 Å². The summed E-state index contributed by atoms with van der Waals surface area (Å²) in [6, 6.07) is 12.8. The third kappa shape index (κ3) is 4.46. The lowest BCUT2D eigenvalue weighted by molar-refractivity contribution is 0.483. The first-order valence-corrected chi connectivity index (χ1v) is 10.1. The number of hydrogen-bond donors (Lipinski definition) is 1. The third-order valence-electron chi connectivity index (χ3n) is 4.31. The molecule has 0 radical (unpaired) electrons. The van der Waals surface area contributed by atoms with Crippen LogP contribution >= 0.6 is 0 Å². The Bertz CT molecular complexity index is 779. The van der Waals surface area contributed by atoms with Gasteiger partial charge in [-0.2, -0.15) is 8.42 Å². The van der Waals surface area contributed by atoms with Gasteiger partial charge in [0.1, 0.15) is 4.90 Å². The van der Waals surface area contributed by atoms with Gasteiger partial charge in [-0.3, -0.25) is 4.55 Å². The molecule has 130 valence electrons. The highest BCUT2D eigenvalue weighted by atomic mass is 32.2. The Kier molecular flexibility index (Phi) is 6.58. The van der Waals surface area contributed by atoms with Crippen molar-refractivity contribution in [2.24, 2.45) is 0 Å². The Labute approximate surface area is 145 Å². The summed E-state index contributed by atoms with van der Waals surface area (Å²) >= 11 is 0. The van der Waals surface area contributed by atoms with Crippen molar-refractivity contribution < 1.29 is 13.0 Å². The first kappa shape index (κ1) is 18.7. The van der Waals surface area contributed by atoms with Crippen LogP contribution in [0.25, 0.3) is 11.1 Å². The van der Waals surface area contributed by atoms with Gasteiger partial charge in [0, 0.05) is 5.56 Å². The highest BCUT2D eigenvalue weighted by molar-refractivity contribution is 7.86. The van der Waals surface area contributed by atoms with E-state index in [9.17, 15) is 13.0 Å². The average Bonchev–Trinajstić information content (AvgIpc) is 2.57. The summed E-state index contributed by atoms with van der Waals surface area (Å²) < 4.78 is 33.1. The second-order valence-corrected chi connectivity index (χ2v) is 7.51. The van der Waals surface area contributed by atoms with Gasteiger partial charge in [0.25, 0.3) is 10.1 Å². The standard InChI is InChI=1S/C20H26O3S/c1-3-5-10-16-11-9-14-18(17(16)12-6-4-2)19-13-7-8-15-20(19)24(21,22)23/h7-9,11,13-15H,3-6,10,12H2,1-2H3,(H,21,22,23). The molecule has 24 heavy (non-hydrogen) atoms. The molecule has 0 spiro atoms. The van der Waals surface area contributed by atoms with Crippen LogP contribution in [0.5, 0.6) is 0 Å². The van der Waals surface area contributed by atoms with Gasteiger partial charge in [-0.1, -0.05) is 63.1 Å². The second kappa shape index (κ2) is 8.45. The zero-order valence-electron chi connectivity index (χ0n) is 14.5. The Morgan fingerprint density at radius 1 is 0.833 bits per heavy atom. The van der Waals surface area contributed by atoms with Crippen LogP contribution in [-0.2, 0) is 23.0 Å². The summed E-state index contributed by atoms with van der Waals surface area (Å²) in [6.45, 7) is 4.32. The monoisotopic (exact) mass is 346 g/mol. The van der Waals surface area contributed by atoms with Crippen molar-refractivity contribution in [3.63, 3.8) is 0 Å². The summed E-state index contributed by atoms with van der Waals surface area (Å²) in [7, 11) is -4.25. The zero-order valence-corrected chi connectivity index (χ0v) is 15.3. The molecule has 0 unspecified atom stereocenters. The van der Waals surface area contributed by atoms with Crippen LogP contribution in [0.2, 0.25) is 0 Å². The molecule has 0 amide bonds. The first-order valence-electron chi connectivity index (χ1n) is 8.66. The lowest BCUT2D eigenvalue weighted by Crippen LogP contribution is -2.04. The molecular formula is C20H26O3S. The molecule has 0 saturated heterocycles. The van der Waals surface area contributed by atoms with Gasteiger partial charge < -0.3 is 0 Å². The molecule has 0 saturated carbocycles. The molecule has 2 aromatic rings. The van der Waals surface area contributed by atoms with E-state index in [1.54, 1.807) is 12.1 Å². The minimum atomic E-state index is -4.25. The molecule has 2 rings (SSSR count). The molecule has 0 aromatic heterocycles. The summed E-state index contributed by atoms with van der Waals surface area (Å²) in [5, 5.41) is 0. The molecule has 0 atom stereocenters. The Balaban J connectivity index is 2.62. The topological polar surface area (TPSA) is 54.4 Å². The fraction of sp³-hybridized carbons (Fsp3) is 0.400. The Morgan fingerprint density at radius 3 is 2.12 bits per heavy atom. The molecule has 0 fully saturated rings. The predicted octanol–water partition coefficient (Wildman–Crippen LogP) is 5.29. The molecule has 0 aliphatic heterocycles. The van der Waals surface area contributed by atoms with Crippen LogP contribution in [0, 0.1) is 0 Å². The molecule has 3 nitrogen and oxygen atoms in total. The molecule has 2 aromatic carbocycles. The molecule has 0 aliphatic carbocycles. The maximum absolute atomic E-state index is 11.8. The minimum absolute atomic E-state index is 0.0182. The highest BCUT2D eigenvalue weighted by Gasteiger charge is 2.19. The van der Waals surface area contributed by atoms with Gasteiger partial charge in [0.05, 0.1) is 0 Å². The van der Waals surface area contributed by atoms with Crippen molar-refractivity contribution in [2.45, 2.75) is 57.3 Å². The van der Waals surface area contributed by atoms with Crippen LogP contribution in [0.15, 0.2) is 47.4 Å². The van der Waals surface area contributed by atoms with E-state index in [0.717, 1.165) is 44.1 Å².